The predicted octanol–water partition coefficient (Wildman–Crippen LogP) is 3.92. The Bertz CT molecular complexity index is 577. The number of benzene rings is 1. The van der Waals surface area contributed by atoms with E-state index in [4.69, 9.17) is 17.3 Å². The minimum Gasteiger partial charge on any atom is -0.328 e. The number of halogens is 1. The van der Waals surface area contributed by atoms with E-state index in [1.54, 1.807) is 0 Å². The zero-order valence-electron chi connectivity index (χ0n) is 12.3. The van der Waals surface area contributed by atoms with E-state index < -0.39 is 0 Å². The summed E-state index contributed by atoms with van der Waals surface area (Å²) in [5.41, 5.74) is 8.04. The minimum absolute atomic E-state index is 0.137. The Morgan fingerprint density at radius 1 is 1.40 bits per heavy atom. The number of rotatable bonds is 5. The Balaban J connectivity index is 2.46. The molecule has 1 aromatic heterocycles. The van der Waals surface area contributed by atoms with Gasteiger partial charge in [-0.3, -0.25) is 0 Å². The maximum atomic E-state index is 6.09. The highest BCUT2D eigenvalue weighted by Gasteiger charge is 2.28. The van der Waals surface area contributed by atoms with Crippen molar-refractivity contribution in [2.75, 3.05) is 6.54 Å². The van der Waals surface area contributed by atoms with E-state index in [1.807, 2.05) is 36.8 Å². The molecule has 2 N–H and O–H groups in total. The number of aromatic nitrogens is 2. The van der Waals surface area contributed by atoms with E-state index in [1.165, 1.54) is 0 Å². The average Bonchev–Trinajstić information content (AvgIpc) is 2.87. The summed E-state index contributed by atoms with van der Waals surface area (Å²) in [6.07, 6.45) is 4.75. The SMILES string of the molecule is CC(C)CC(C)(CN)n1cncc1-c1cccc(Cl)c1. The van der Waals surface area contributed by atoms with Crippen molar-refractivity contribution in [3.8, 4) is 11.3 Å². The molecule has 1 heterocycles. The van der Waals surface area contributed by atoms with Gasteiger partial charge in [0.25, 0.3) is 0 Å². The molecule has 0 saturated heterocycles. The third-order valence-corrected chi connectivity index (χ3v) is 3.86. The quantitative estimate of drug-likeness (QED) is 0.907. The lowest BCUT2D eigenvalue weighted by molar-refractivity contribution is 0.267. The maximum Gasteiger partial charge on any atom is 0.0956 e. The van der Waals surface area contributed by atoms with Crippen LogP contribution in [0.4, 0.5) is 0 Å². The number of hydrogen-bond donors (Lipinski definition) is 1. The highest BCUT2D eigenvalue weighted by Crippen LogP contribution is 2.31. The van der Waals surface area contributed by atoms with Crippen LogP contribution in [-0.4, -0.2) is 16.1 Å². The Hall–Kier alpha value is -1.32. The normalized spacial score (nSPS) is 14.5. The first-order valence-electron chi connectivity index (χ1n) is 6.95. The molecular weight excluding hydrogens is 270 g/mol. The van der Waals surface area contributed by atoms with Gasteiger partial charge in [0.2, 0.25) is 0 Å². The van der Waals surface area contributed by atoms with Crippen LogP contribution in [0.3, 0.4) is 0 Å². The van der Waals surface area contributed by atoms with E-state index in [0.717, 1.165) is 22.7 Å². The van der Waals surface area contributed by atoms with Crippen LogP contribution in [0, 0.1) is 5.92 Å². The van der Waals surface area contributed by atoms with Crippen LogP contribution < -0.4 is 5.73 Å². The molecule has 1 unspecified atom stereocenters. The second-order valence-corrected chi connectivity index (χ2v) is 6.39. The summed E-state index contributed by atoms with van der Waals surface area (Å²) in [5.74, 6) is 0.568. The van der Waals surface area contributed by atoms with E-state index >= 15 is 0 Å². The molecule has 20 heavy (non-hydrogen) atoms. The molecule has 1 aromatic carbocycles. The van der Waals surface area contributed by atoms with Crippen molar-refractivity contribution >= 4 is 11.6 Å². The summed E-state index contributed by atoms with van der Waals surface area (Å²) in [7, 11) is 0. The van der Waals surface area contributed by atoms with Gasteiger partial charge in [0.15, 0.2) is 0 Å². The molecule has 0 aliphatic carbocycles. The standard InChI is InChI=1S/C16H22ClN3/c1-12(2)8-16(3,10-18)20-11-19-9-15(20)13-5-4-6-14(17)7-13/h4-7,9,11-12H,8,10,18H2,1-3H3. The Morgan fingerprint density at radius 2 is 2.15 bits per heavy atom. The largest absolute Gasteiger partial charge is 0.328 e. The van der Waals surface area contributed by atoms with Crippen molar-refractivity contribution in [1.29, 1.82) is 0 Å². The summed E-state index contributed by atoms with van der Waals surface area (Å²) in [6, 6.07) is 7.84. The Morgan fingerprint density at radius 3 is 2.75 bits per heavy atom. The number of nitrogens with two attached hydrogens (primary N) is 1. The van der Waals surface area contributed by atoms with Crippen LogP contribution in [0.1, 0.15) is 27.2 Å². The molecule has 2 rings (SSSR count). The van der Waals surface area contributed by atoms with Gasteiger partial charge in [-0.25, -0.2) is 4.98 Å². The van der Waals surface area contributed by atoms with E-state index in [9.17, 15) is 0 Å². The van der Waals surface area contributed by atoms with Gasteiger partial charge < -0.3 is 10.3 Å². The predicted molar refractivity (Wildman–Crippen MR) is 84.8 cm³/mol. The fourth-order valence-electron chi connectivity index (χ4n) is 2.75. The van der Waals surface area contributed by atoms with E-state index in [-0.39, 0.29) is 5.54 Å². The first kappa shape index (κ1) is 15.1. The fourth-order valence-corrected chi connectivity index (χ4v) is 2.94. The van der Waals surface area contributed by atoms with Crippen molar-refractivity contribution in [1.82, 2.24) is 9.55 Å². The minimum atomic E-state index is -0.137. The lowest BCUT2D eigenvalue weighted by Crippen LogP contribution is -2.39. The van der Waals surface area contributed by atoms with Crippen LogP contribution in [0.2, 0.25) is 5.02 Å². The lowest BCUT2D eigenvalue weighted by Gasteiger charge is -2.33. The third kappa shape index (κ3) is 3.05. The zero-order valence-corrected chi connectivity index (χ0v) is 13.1. The molecule has 2 aromatic rings. The van der Waals surface area contributed by atoms with Crippen molar-refractivity contribution in [2.45, 2.75) is 32.7 Å². The van der Waals surface area contributed by atoms with Crippen LogP contribution in [0.5, 0.6) is 0 Å². The highest BCUT2D eigenvalue weighted by molar-refractivity contribution is 6.30. The molecule has 0 amide bonds. The van der Waals surface area contributed by atoms with Gasteiger partial charge in [-0.1, -0.05) is 37.6 Å². The van der Waals surface area contributed by atoms with E-state index in [0.29, 0.717) is 12.5 Å². The van der Waals surface area contributed by atoms with Gasteiger partial charge in [0.05, 0.1) is 23.8 Å². The first-order chi connectivity index (χ1) is 9.46. The first-order valence-corrected chi connectivity index (χ1v) is 7.33. The maximum absolute atomic E-state index is 6.09. The Kier molecular flexibility index (Phi) is 4.51. The lowest BCUT2D eigenvalue weighted by atomic mass is 9.90. The van der Waals surface area contributed by atoms with Crippen LogP contribution >= 0.6 is 11.6 Å². The zero-order chi connectivity index (χ0) is 14.8. The highest BCUT2D eigenvalue weighted by atomic mass is 35.5. The van der Waals surface area contributed by atoms with Gasteiger partial charge in [0, 0.05) is 17.1 Å². The van der Waals surface area contributed by atoms with Crippen molar-refractivity contribution in [2.24, 2.45) is 11.7 Å². The molecule has 0 bridgehead atoms. The molecule has 0 fully saturated rings. The van der Waals surface area contributed by atoms with Crippen molar-refractivity contribution < 1.29 is 0 Å². The van der Waals surface area contributed by atoms with Gasteiger partial charge >= 0.3 is 0 Å². The van der Waals surface area contributed by atoms with Gasteiger partial charge in [-0.2, -0.15) is 0 Å². The summed E-state index contributed by atoms with van der Waals surface area (Å²) >= 11 is 6.09. The molecule has 0 spiro atoms. The molecule has 0 aliphatic rings. The second-order valence-electron chi connectivity index (χ2n) is 5.96. The molecule has 4 heteroatoms. The molecule has 1 atom stereocenters. The monoisotopic (exact) mass is 291 g/mol. The molecule has 0 radical (unpaired) electrons. The summed E-state index contributed by atoms with van der Waals surface area (Å²) < 4.78 is 2.18. The molecular formula is C16H22ClN3. The fraction of sp³-hybridized carbons (Fsp3) is 0.438. The summed E-state index contributed by atoms with van der Waals surface area (Å²) in [5, 5.41) is 0.730. The summed E-state index contributed by atoms with van der Waals surface area (Å²) in [6.45, 7) is 7.19. The van der Waals surface area contributed by atoms with Crippen LogP contribution in [-0.2, 0) is 5.54 Å². The van der Waals surface area contributed by atoms with Gasteiger partial charge in [0.1, 0.15) is 0 Å². The average molecular weight is 292 g/mol. The molecule has 0 saturated carbocycles. The number of hydrogen-bond acceptors (Lipinski definition) is 2. The number of nitrogens with zero attached hydrogens (tertiary/aromatic N) is 2. The van der Waals surface area contributed by atoms with Crippen LogP contribution in [0.25, 0.3) is 11.3 Å². The Labute approximate surface area is 125 Å². The van der Waals surface area contributed by atoms with Gasteiger partial charge in [-0.05, 0) is 31.4 Å². The molecule has 3 nitrogen and oxygen atoms in total. The topological polar surface area (TPSA) is 43.8 Å². The summed E-state index contributed by atoms with van der Waals surface area (Å²) in [4.78, 5) is 4.31. The van der Waals surface area contributed by atoms with Crippen LogP contribution in [0.15, 0.2) is 36.8 Å². The molecule has 108 valence electrons. The second kappa shape index (κ2) is 5.98. The van der Waals surface area contributed by atoms with Crippen molar-refractivity contribution in [3.05, 3.63) is 41.8 Å². The molecule has 0 aliphatic heterocycles. The van der Waals surface area contributed by atoms with Crippen molar-refractivity contribution in [3.63, 3.8) is 0 Å². The van der Waals surface area contributed by atoms with Gasteiger partial charge in [-0.15, -0.1) is 0 Å². The smallest absolute Gasteiger partial charge is 0.0956 e. The van der Waals surface area contributed by atoms with E-state index in [2.05, 4.69) is 30.3 Å². The number of imidazole rings is 1. The third-order valence-electron chi connectivity index (χ3n) is 3.63.